The van der Waals surface area contributed by atoms with E-state index < -0.39 is 0 Å². The maximum atomic E-state index is 2.39. The fourth-order valence-corrected chi connectivity index (χ4v) is 2.57. The standard InChI is InChI=1S/C13H20N.HI/c1-3-9-14(2)10-8-12-6-4-5-7-13(12)11-14;/h4-7H,3,8-11H2,1-2H3;1H/q+1;/p-1. The van der Waals surface area contributed by atoms with Gasteiger partial charge in [0.1, 0.15) is 6.54 Å². The first-order chi connectivity index (χ1) is 6.73. The summed E-state index contributed by atoms with van der Waals surface area (Å²) < 4.78 is 1.23. The molecule has 1 nitrogen and oxygen atoms in total. The van der Waals surface area contributed by atoms with E-state index in [4.69, 9.17) is 0 Å². The fourth-order valence-electron chi connectivity index (χ4n) is 2.57. The lowest BCUT2D eigenvalue weighted by atomic mass is 9.98. The topological polar surface area (TPSA) is 0 Å². The monoisotopic (exact) mass is 317 g/mol. The molecule has 0 N–H and O–H groups in total. The molecule has 0 saturated heterocycles. The van der Waals surface area contributed by atoms with Gasteiger partial charge in [-0.25, -0.2) is 0 Å². The summed E-state index contributed by atoms with van der Waals surface area (Å²) >= 11 is 0. The Kier molecular flexibility index (Phi) is 4.59. The second-order valence-electron chi connectivity index (χ2n) is 4.74. The molecule has 0 fully saturated rings. The molecule has 1 aliphatic rings. The number of hydrogen-bond donors (Lipinski definition) is 0. The Morgan fingerprint density at radius 1 is 1.20 bits per heavy atom. The number of benzene rings is 1. The highest BCUT2D eigenvalue weighted by Gasteiger charge is 2.26. The van der Waals surface area contributed by atoms with Crippen molar-refractivity contribution in [2.75, 3.05) is 20.1 Å². The van der Waals surface area contributed by atoms with Crippen LogP contribution in [0.4, 0.5) is 0 Å². The van der Waals surface area contributed by atoms with Crippen molar-refractivity contribution in [1.29, 1.82) is 0 Å². The van der Waals surface area contributed by atoms with Crippen molar-refractivity contribution < 1.29 is 28.5 Å². The molecule has 1 heterocycles. The SMILES string of the molecule is CCC[N+]1(C)CCc2ccccc2C1.[I-]. The first-order valence-corrected chi connectivity index (χ1v) is 5.64. The van der Waals surface area contributed by atoms with E-state index in [1.807, 2.05) is 0 Å². The molecule has 0 bridgehead atoms. The highest BCUT2D eigenvalue weighted by molar-refractivity contribution is 5.27. The lowest BCUT2D eigenvalue weighted by molar-refractivity contribution is -0.924. The van der Waals surface area contributed by atoms with Gasteiger partial charge in [0, 0.05) is 12.0 Å². The second-order valence-corrected chi connectivity index (χ2v) is 4.74. The van der Waals surface area contributed by atoms with Crippen LogP contribution in [0.25, 0.3) is 0 Å². The normalized spacial score (nSPS) is 24.1. The molecule has 0 aliphatic carbocycles. The number of fused-ring (bicyclic) bond motifs is 1. The van der Waals surface area contributed by atoms with Gasteiger partial charge in [0.2, 0.25) is 0 Å². The largest absolute Gasteiger partial charge is 1.00 e. The molecule has 1 atom stereocenters. The summed E-state index contributed by atoms with van der Waals surface area (Å²) in [6.45, 7) is 6.13. The third kappa shape index (κ3) is 2.94. The van der Waals surface area contributed by atoms with Crippen molar-refractivity contribution in [3.05, 3.63) is 35.4 Å². The zero-order chi connectivity index (χ0) is 10.0. The van der Waals surface area contributed by atoms with Crippen LogP contribution < -0.4 is 24.0 Å². The van der Waals surface area contributed by atoms with Crippen LogP contribution in [0.5, 0.6) is 0 Å². The molecule has 0 saturated carbocycles. The molecule has 0 aromatic heterocycles. The maximum Gasteiger partial charge on any atom is 0.104 e. The molecule has 15 heavy (non-hydrogen) atoms. The van der Waals surface area contributed by atoms with Gasteiger partial charge in [-0.3, -0.25) is 0 Å². The molecule has 2 rings (SSSR count). The molecule has 1 aliphatic heterocycles. The second kappa shape index (κ2) is 5.30. The number of halogens is 1. The molecule has 0 radical (unpaired) electrons. The minimum atomic E-state index is 0. The zero-order valence-electron chi connectivity index (χ0n) is 9.67. The van der Waals surface area contributed by atoms with Crippen LogP contribution >= 0.6 is 0 Å². The van der Waals surface area contributed by atoms with Gasteiger partial charge in [-0.05, 0) is 12.0 Å². The molecular weight excluding hydrogens is 297 g/mol. The summed E-state index contributed by atoms with van der Waals surface area (Å²) in [4.78, 5) is 0. The number of likely N-dealkylation sites (N-methyl/N-ethyl adjacent to an activating group) is 1. The van der Waals surface area contributed by atoms with Gasteiger partial charge in [0.25, 0.3) is 0 Å². The van der Waals surface area contributed by atoms with E-state index >= 15 is 0 Å². The summed E-state index contributed by atoms with van der Waals surface area (Å²) in [5, 5.41) is 0. The Balaban J connectivity index is 0.00000112. The third-order valence-electron chi connectivity index (χ3n) is 3.35. The Labute approximate surface area is 110 Å². The molecule has 2 heteroatoms. The average Bonchev–Trinajstić information content (AvgIpc) is 2.17. The van der Waals surface area contributed by atoms with E-state index in [1.165, 1.54) is 37.0 Å². The van der Waals surface area contributed by atoms with E-state index in [2.05, 4.69) is 38.2 Å². The number of hydrogen-bond acceptors (Lipinski definition) is 0. The van der Waals surface area contributed by atoms with Crippen molar-refractivity contribution in [3.63, 3.8) is 0 Å². The predicted molar refractivity (Wildman–Crippen MR) is 60.1 cm³/mol. The molecule has 1 unspecified atom stereocenters. The van der Waals surface area contributed by atoms with Gasteiger partial charge >= 0.3 is 0 Å². The van der Waals surface area contributed by atoms with Crippen LogP contribution in [0.1, 0.15) is 24.5 Å². The zero-order valence-corrected chi connectivity index (χ0v) is 11.8. The lowest BCUT2D eigenvalue weighted by Gasteiger charge is -2.38. The first-order valence-electron chi connectivity index (χ1n) is 5.64. The van der Waals surface area contributed by atoms with Gasteiger partial charge in [0.15, 0.2) is 0 Å². The number of rotatable bonds is 2. The molecule has 0 amide bonds. The Morgan fingerprint density at radius 2 is 1.87 bits per heavy atom. The molecular formula is C13H20IN. The summed E-state index contributed by atoms with van der Waals surface area (Å²) in [6.07, 6.45) is 2.55. The fraction of sp³-hybridized carbons (Fsp3) is 0.538. The summed E-state index contributed by atoms with van der Waals surface area (Å²) in [7, 11) is 2.39. The van der Waals surface area contributed by atoms with E-state index in [0.29, 0.717) is 0 Å². The van der Waals surface area contributed by atoms with Crippen molar-refractivity contribution in [2.24, 2.45) is 0 Å². The van der Waals surface area contributed by atoms with Crippen LogP contribution in [-0.4, -0.2) is 24.6 Å². The van der Waals surface area contributed by atoms with Crippen molar-refractivity contribution in [1.82, 2.24) is 0 Å². The van der Waals surface area contributed by atoms with E-state index in [0.717, 1.165) is 0 Å². The van der Waals surface area contributed by atoms with Gasteiger partial charge in [0.05, 0.1) is 20.1 Å². The van der Waals surface area contributed by atoms with E-state index in [9.17, 15) is 0 Å². The van der Waals surface area contributed by atoms with Crippen LogP contribution in [0, 0.1) is 0 Å². The molecule has 84 valence electrons. The van der Waals surface area contributed by atoms with Crippen molar-refractivity contribution >= 4 is 0 Å². The molecule has 0 spiro atoms. The highest BCUT2D eigenvalue weighted by atomic mass is 127. The van der Waals surface area contributed by atoms with Gasteiger partial charge in [-0.1, -0.05) is 31.2 Å². The minimum Gasteiger partial charge on any atom is -1.00 e. The van der Waals surface area contributed by atoms with Crippen LogP contribution in [0.15, 0.2) is 24.3 Å². The van der Waals surface area contributed by atoms with Crippen LogP contribution in [0.2, 0.25) is 0 Å². The van der Waals surface area contributed by atoms with E-state index in [-0.39, 0.29) is 24.0 Å². The lowest BCUT2D eigenvalue weighted by Crippen LogP contribution is -3.00. The average molecular weight is 317 g/mol. The molecule has 1 aromatic rings. The summed E-state index contributed by atoms with van der Waals surface area (Å²) in [5.74, 6) is 0. The van der Waals surface area contributed by atoms with Crippen LogP contribution in [-0.2, 0) is 13.0 Å². The summed E-state index contributed by atoms with van der Waals surface area (Å²) in [6, 6.07) is 8.90. The minimum absolute atomic E-state index is 0. The van der Waals surface area contributed by atoms with Crippen LogP contribution in [0.3, 0.4) is 0 Å². The summed E-state index contributed by atoms with van der Waals surface area (Å²) in [5.41, 5.74) is 3.13. The van der Waals surface area contributed by atoms with Crippen molar-refractivity contribution in [2.45, 2.75) is 26.3 Å². The number of nitrogens with zero attached hydrogens (tertiary/aromatic N) is 1. The molecule has 1 aromatic carbocycles. The highest BCUT2D eigenvalue weighted by Crippen LogP contribution is 2.23. The van der Waals surface area contributed by atoms with Crippen molar-refractivity contribution in [3.8, 4) is 0 Å². The van der Waals surface area contributed by atoms with Gasteiger partial charge in [-0.15, -0.1) is 0 Å². The Bertz CT molecular complexity index is 324. The predicted octanol–water partition coefficient (Wildman–Crippen LogP) is -0.397. The quantitative estimate of drug-likeness (QED) is 0.515. The first kappa shape index (κ1) is 13.0. The Morgan fingerprint density at radius 3 is 2.53 bits per heavy atom. The smallest absolute Gasteiger partial charge is 0.104 e. The van der Waals surface area contributed by atoms with Gasteiger partial charge < -0.3 is 28.5 Å². The third-order valence-corrected chi connectivity index (χ3v) is 3.35. The Hall–Kier alpha value is -0.0900. The van der Waals surface area contributed by atoms with E-state index in [1.54, 1.807) is 11.1 Å². The van der Waals surface area contributed by atoms with Gasteiger partial charge in [-0.2, -0.15) is 0 Å². The number of quaternary nitrogens is 1. The maximum absolute atomic E-state index is 2.39.